The average Bonchev–Trinajstić information content (AvgIpc) is 2.74. The van der Waals surface area contributed by atoms with E-state index in [-0.39, 0.29) is 0 Å². The number of amides is 1. The van der Waals surface area contributed by atoms with Crippen LogP contribution in [0.25, 0.3) is 0 Å². The zero-order chi connectivity index (χ0) is 13.7. The molecule has 0 saturated carbocycles. The summed E-state index contributed by atoms with van der Waals surface area (Å²) in [4.78, 5) is 33.6. The minimum Gasteiger partial charge on any atom is -0.480 e. The highest BCUT2D eigenvalue weighted by molar-refractivity contribution is 14.1. The lowest BCUT2D eigenvalue weighted by Crippen LogP contribution is -2.42. The van der Waals surface area contributed by atoms with Crippen molar-refractivity contribution < 1.29 is 24.2 Å². The van der Waals surface area contributed by atoms with Gasteiger partial charge in [0.05, 0.1) is 22.0 Å². The summed E-state index contributed by atoms with van der Waals surface area (Å²) in [6.07, 6.45) is -0.404. The number of aliphatic carboxylic acids is 1. The number of ether oxygens (including phenoxy) is 1. The third kappa shape index (κ3) is 4.26. The van der Waals surface area contributed by atoms with Crippen LogP contribution in [0.1, 0.15) is 16.8 Å². The fraction of sp³-hybridized carbons (Fsp3) is 0.300. The Labute approximate surface area is 120 Å². The molecule has 0 aliphatic carbocycles. The average molecular weight is 383 g/mol. The molecule has 0 bridgehead atoms. The van der Waals surface area contributed by atoms with Crippen LogP contribution in [0.3, 0.4) is 0 Å². The number of hydrogen-bond donors (Lipinski definition) is 2. The van der Waals surface area contributed by atoms with Crippen LogP contribution < -0.4 is 5.32 Å². The Morgan fingerprint density at radius 2 is 2.22 bits per heavy atom. The minimum absolute atomic E-state index is 0.375. The molecule has 1 atom stereocenters. The van der Waals surface area contributed by atoms with Gasteiger partial charge in [-0.1, -0.05) is 0 Å². The molecule has 0 aliphatic rings. The fourth-order valence-corrected chi connectivity index (χ4v) is 2.45. The van der Waals surface area contributed by atoms with Crippen molar-refractivity contribution >= 4 is 51.8 Å². The molecule has 0 aromatic carbocycles. The van der Waals surface area contributed by atoms with E-state index in [0.717, 1.165) is 9.99 Å². The van der Waals surface area contributed by atoms with Crippen LogP contribution in [0.4, 0.5) is 0 Å². The first-order valence-corrected chi connectivity index (χ1v) is 6.74. The van der Waals surface area contributed by atoms with Gasteiger partial charge in [-0.3, -0.25) is 9.59 Å². The predicted octanol–water partition coefficient (Wildman–Crippen LogP) is 1.10. The standard InChI is InChI=1S/C10H10INO5S/c1-17-8(13)3-6(10(15)16)12-9(14)5-2-7(11)18-4-5/h2,4,6H,3H2,1H3,(H,12,14)(H,15,16)/t6-/m0/s1. The van der Waals surface area contributed by atoms with Crippen molar-refractivity contribution in [2.24, 2.45) is 0 Å². The van der Waals surface area contributed by atoms with Gasteiger partial charge in [0.25, 0.3) is 5.91 Å². The summed E-state index contributed by atoms with van der Waals surface area (Å²) in [5, 5.41) is 12.8. The van der Waals surface area contributed by atoms with Gasteiger partial charge in [0.1, 0.15) is 6.04 Å². The summed E-state index contributed by atoms with van der Waals surface area (Å²) < 4.78 is 5.28. The van der Waals surface area contributed by atoms with Gasteiger partial charge >= 0.3 is 11.9 Å². The Hall–Kier alpha value is -1.16. The normalized spacial score (nSPS) is 11.7. The number of methoxy groups -OCH3 is 1. The molecule has 0 unspecified atom stereocenters. The lowest BCUT2D eigenvalue weighted by atomic mass is 10.2. The predicted molar refractivity (Wildman–Crippen MR) is 72.6 cm³/mol. The van der Waals surface area contributed by atoms with Crippen LogP contribution in [0, 0.1) is 2.88 Å². The van der Waals surface area contributed by atoms with Crippen LogP contribution in [0.2, 0.25) is 0 Å². The van der Waals surface area contributed by atoms with Crippen LogP contribution >= 0.6 is 33.9 Å². The highest BCUT2D eigenvalue weighted by Gasteiger charge is 2.24. The van der Waals surface area contributed by atoms with Crippen molar-refractivity contribution in [3.05, 3.63) is 19.9 Å². The number of esters is 1. The molecular formula is C10H10INO5S. The molecular weight excluding hydrogens is 373 g/mol. The molecule has 1 rings (SSSR count). The highest BCUT2D eigenvalue weighted by Crippen LogP contribution is 2.16. The van der Waals surface area contributed by atoms with E-state index in [1.54, 1.807) is 11.4 Å². The van der Waals surface area contributed by atoms with E-state index < -0.39 is 30.3 Å². The van der Waals surface area contributed by atoms with Crippen molar-refractivity contribution in [1.29, 1.82) is 0 Å². The first kappa shape index (κ1) is 14.9. The lowest BCUT2D eigenvalue weighted by molar-refractivity contribution is -0.147. The molecule has 2 N–H and O–H groups in total. The van der Waals surface area contributed by atoms with E-state index in [0.29, 0.717) is 5.56 Å². The molecule has 1 aromatic rings. The maximum absolute atomic E-state index is 11.7. The van der Waals surface area contributed by atoms with Gasteiger partial charge in [-0.2, -0.15) is 0 Å². The van der Waals surface area contributed by atoms with Crippen LogP contribution in [-0.4, -0.2) is 36.1 Å². The van der Waals surface area contributed by atoms with Crippen molar-refractivity contribution in [2.75, 3.05) is 7.11 Å². The number of carboxylic acids is 1. The van der Waals surface area contributed by atoms with Crippen LogP contribution in [-0.2, 0) is 14.3 Å². The molecule has 1 amide bonds. The van der Waals surface area contributed by atoms with E-state index in [2.05, 4.69) is 32.6 Å². The first-order valence-electron chi connectivity index (χ1n) is 4.78. The summed E-state index contributed by atoms with van der Waals surface area (Å²) in [6.45, 7) is 0. The summed E-state index contributed by atoms with van der Waals surface area (Å²) in [5.41, 5.74) is 0.375. The molecule has 0 spiro atoms. The molecule has 6 nitrogen and oxygen atoms in total. The summed E-state index contributed by atoms with van der Waals surface area (Å²) in [6, 6.07) is 0.347. The maximum Gasteiger partial charge on any atom is 0.326 e. The smallest absolute Gasteiger partial charge is 0.326 e. The SMILES string of the molecule is COC(=O)C[C@H](NC(=O)c1csc(I)c1)C(=O)O. The zero-order valence-corrected chi connectivity index (χ0v) is 12.3. The molecule has 98 valence electrons. The second-order valence-electron chi connectivity index (χ2n) is 3.28. The molecule has 1 aromatic heterocycles. The highest BCUT2D eigenvalue weighted by atomic mass is 127. The topological polar surface area (TPSA) is 92.7 Å². The maximum atomic E-state index is 11.7. The molecule has 0 saturated heterocycles. The molecule has 8 heteroatoms. The first-order chi connectivity index (χ1) is 8.43. The molecule has 0 aliphatic heterocycles. The number of nitrogens with one attached hydrogen (secondary N) is 1. The van der Waals surface area contributed by atoms with Gasteiger partial charge in [-0.25, -0.2) is 4.79 Å². The Morgan fingerprint density at radius 1 is 1.56 bits per heavy atom. The third-order valence-electron chi connectivity index (χ3n) is 2.03. The fourth-order valence-electron chi connectivity index (χ4n) is 1.12. The quantitative estimate of drug-likeness (QED) is 0.587. The van der Waals surface area contributed by atoms with Crippen molar-refractivity contribution in [2.45, 2.75) is 12.5 Å². The number of carbonyl (C=O) groups excluding carboxylic acids is 2. The number of carbonyl (C=O) groups is 3. The van der Waals surface area contributed by atoms with E-state index in [1.165, 1.54) is 11.3 Å². The molecule has 1 heterocycles. The summed E-state index contributed by atoms with van der Waals surface area (Å²) >= 11 is 3.43. The minimum atomic E-state index is -1.29. The zero-order valence-electron chi connectivity index (χ0n) is 9.31. The van der Waals surface area contributed by atoms with Gasteiger partial charge in [0.2, 0.25) is 0 Å². The van der Waals surface area contributed by atoms with Crippen molar-refractivity contribution in [3.63, 3.8) is 0 Å². The third-order valence-corrected chi connectivity index (χ3v) is 3.82. The summed E-state index contributed by atoms with van der Waals surface area (Å²) in [7, 11) is 1.16. The Kier molecular flexibility index (Phi) is 5.54. The molecule has 0 fully saturated rings. The van der Waals surface area contributed by atoms with Crippen LogP contribution in [0.5, 0.6) is 0 Å². The second-order valence-corrected chi connectivity index (χ2v) is 6.09. The Bertz CT molecular complexity index is 473. The van der Waals surface area contributed by atoms with Gasteiger partial charge in [-0.05, 0) is 28.7 Å². The Balaban J connectivity index is 2.69. The van der Waals surface area contributed by atoms with Gasteiger partial charge in [-0.15, -0.1) is 11.3 Å². The number of carboxylic acid groups (broad SMARTS) is 1. The van der Waals surface area contributed by atoms with Crippen molar-refractivity contribution in [3.8, 4) is 0 Å². The van der Waals surface area contributed by atoms with Crippen molar-refractivity contribution in [1.82, 2.24) is 5.32 Å². The van der Waals surface area contributed by atoms with E-state index in [1.807, 2.05) is 0 Å². The number of thiophene rings is 1. The van der Waals surface area contributed by atoms with E-state index in [4.69, 9.17) is 5.11 Å². The number of halogens is 1. The Morgan fingerprint density at radius 3 is 2.67 bits per heavy atom. The second kappa shape index (κ2) is 6.69. The monoisotopic (exact) mass is 383 g/mol. The van der Waals surface area contributed by atoms with Gasteiger partial charge in [0.15, 0.2) is 0 Å². The van der Waals surface area contributed by atoms with Gasteiger partial charge < -0.3 is 15.2 Å². The summed E-state index contributed by atoms with van der Waals surface area (Å²) in [5.74, 6) is -2.49. The van der Waals surface area contributed by atoms with E-state index >= 15 is 0 Å². The molecule has 0 radical (unpaired) electrons. The lowest BCUT2D eigenvalue weighted by Gasteiger charge is -2.12. The van der Waals surface area contributed by atoms with Crippen LogP contribution in [0.15, 0.2) is 11.4 Å². The molecule has 18 heavy (non-hydrogen) atoms. The number of rotatable bonds is 5. The largest absolute Gasteiger partial charge is 0.480 e. The van der Waals surface area contributed by atoms with Gasteiger partial charge in [0, 0.05) is 5.38 Å². The number of hydrogen-bond acceptors (Lipinski definition) is 5. The van der Waals surface area contributed by atoms with E-state index in [9.17, 15) is 14.4 Å².